The van der Waals surface area contributed by atoms with Gasteiger partial charge in [0.15, 0.2) is 0 Å². The van der Waals surface area contributed by atoms with Gasteiger partial charge in [-0.15, -0.1) is 0 Å². The third-order valence-electron chi connectivity index (χ3n) is 1.38. The number of nitrogens with two attached hydrogens (primary N) is 1. The van der Waals surface area contributed by atoms with Crippen LogP contribution in [0.5, 0.6) is 0 Å². The minimum Gasteiger partial charge on any atom is -0.399 e. The number of halogens is 1. The van der Waals surface area contributed by atoms with E-state index in [1.54, 1.807) is 30.4 Å². The molecule has 0 fully saturated rings. The van der Waals surface area contributed by atoms with Gasteiger partial charge in [-0.05, 0) is 12.1 Å². The fraction of sp³-hybridized carbons (Fsp3) is 0. The van der Waals surface area contributed by atoms with Gasteiger partial charge in [-0.2, -0.15) is 0 Å². The molecule has 0 amide bonds. The van der Waals surface area contributed by atoms with Crippen molar-refractivity contribution >= 4 is 6.08 Å². The van der Waals surface area contributed by atoms with E-state index in [1.165, 1.54) is 6.07 Å². The maximum atomic E-state index is 12.9. The van der Waals surface area contributed by atoms with E-state index in [1.807, 2.05) is 0 Å². The Labute approximate surface area is 71.0 Å². The van der Waals surface area contributed by atoms with Crippen molar-refractivity contribution in [2.24, 2.45) is 5.73 Å². The van der Waals surface area contributed by atoms with Crippen LogP contribution in [0.4, 0.5) is 4.39 Å². The molecular weight excluding hydrogens is 153 g/mol. The Morgan fingerprint density at radius 3 is 2.67 bits per heavy atom. The highest BCUT2D eigenvalue weighted by molar-refractivity contribution is 5.52. The summed E-state index contributed by atoms with van der Waals surface area (Å²) in [5, 5.41) is 0. The molecule has 0 bridgehead atoms. The van der Waals surface area contributed by atoms with Crippen LogP contribution in [-0.4, -0.2) is 0 Å². The number of benzene rings is 1. The second-order valence-electron chi connectivity index (χ2n) is 2.43. The predicted molar refractivity (Wildman–Crippen MR) is 48.8 cm³/mol. The number of hydrogen-bond acceptors (Lipinski definition) is 1. The molecule has 0 aromatic heterocycles. The van der Waals surface area contributed by atoms with Crippen molar-refractivity contribution in [3.8, 4) is 0 Å². The van der Waals surface area contributed by atoms with Crippen LogP contribution >= 0.6 is 0 Å². The molecule has 0 unspecified atom stereocenters. The van der Waals surface area contributed by atoms with Crippen molar-refractivity contribution in [1.82, 2.24) is 0 Å². The minimum atomic E-state index is -0.255. The Hall–Kier alpha value is -1.57. The average molecular weight is 163 g/mol. The van der Waals surface area contributed by atoms with Crippen molar-refractivity contribution in [3.63, 3.8) is 0 Å². The molecule has 1 nitrogen and oxygen atoms in total. The van der Waals surface area contributed by atoms with Crippen molar-refractivity contribution in [3.05, 3.63) is 54.0 Å². The molecule has 0 aliphatic heterocycles. The van der Waals surface area contributed by atoms with E-state index in [4.69, 9.17) is 5.73 Å². The van der Waals surface area contributed by atoms with Crippen LogP contribution < -0.4 is 5.73 Å². The zero-order chi connectivity index (χ0) is 8.97. The molecule has 1 rings (SSSR count). The smallest absolute Gasteiger partial charge is 0.130 e. The van der Waals surface area contributed by atoms with Crippen LogP contribution in [0.15, 0.2) is 42.6 Å². The molecule has 0 heterocycles. The van der Waals surface area contributed by atoms with Crippen LogP contribution in [0.2, 0.25) is 0 Å². The van der Waals surface area contributed by atoms with Gasteiger partial charge in [-0.1, -0.05) is 30.9 Å². The lowest BCUT2D eigenvalue weighted by Crippen LogP contribution is -1.88. The van der Waals surface area contributed by atoms with E-state index in [2.05, 4.69) is 6.58 Å². The lowest BCUT2D eigenvalue weighted by Gasteiger charge is -1.94. The highest BCUT2D eigenvalue weighted by Crippen LogP contribution is 2.08. The fourth-order valence-electron chi connectivity index (χ4n) is 0.807. The van der Waals surface area contributed by atoms with Crippen molar-refractivity contribution in [1.29, 1.82) is 0 Å². The summed E-state index contributed by atoms with van der Waals surface area (Å²) >= 11 is 0. The van der Waals surface area contributed by atoms with E-state index < -0.39 is 0 Å². The van der Waals surface area contributed by atoms with Gasteiger partial charge in [0, 0.05) is 11.3 Å². The number of allylic oxidation sites excluding steroid dienone is 1. The Kier molecular flexibility index (Phi) is 2.64. The van der Waals surface area contributed by atoms with Gasteiger partial charge < -0.3 is 5.73 Å². The van der Waals surface area contributed by atoms with Crippen molar-refractivity contribution in [2.75, 3.05) is 0 Å². The normalized spacial score (nSPS) is 10.4. The van der Waals surface area contributed by atoms with Crippen LogP contribution in [0.1, 0.15) is 5.56 Å². The SMILES string of the molecule is C=C(N)/C=C/c1ccccc1F. The molecule has 0 saturated heterocycles. The second-order valence-corrected chi connectivity index (χ2v) is 2.43. The molecule has 1 aromatic rings. The maximum absolute atomic E-state index is 12.9. The third kappa shape index (κ3) is 2.23. The zero-order valence-corrected chi connectivity index (χ0v) is 6.63. The van der Waals surface area contributed by atoms with E-state index in [0.717, 1.165) is 0 Å². The zero-order valence-electron chi connectivity index (χ0n) is 6.63. The molecule has 0 spiro atoms. The van der Waals surface area contributed by atoms with Crippen LogP contribution in [0.25, 0.3) is 6.08 Å². The summed E-state index contributed by atoms with van der Waals surface area (Å²) in [6.45, 7) is 3.47. The average Bonchev–Trinajstić information content (AvgIpc) is 2.03. The molecule has 1 aromatic carbocycles. The lowest BCUT2D eigenvalue weighted by atomic mass is 10.2. The van der Waals surface area contributed by atoms with E-state index in [9.17, 15) is 4.39 Å². The molecule has 12 heavy (non-hydrogen) atoms. The minimum absolute atomic E-state index is 0.255. The summed E-state index contributed by atoms with van der Waals surface area (Å²) in [6, 6.07) is 6.49. The predicted octanol–water partition coefficient (Wildman–Crippen LogP) is 2.31. The van der Waals surface area contributed by atoms with Gasteiger partial charge in [-0.25, -0.2) is 4.39 Å². The molecule has 2 heteroatoms. The maximum Gasteiger partial charge on any atom is 0.130 e. The molecule has 2 N–H and O–H groups in total. The third-order valence-corrected chi connectivity index (χ3v) is 1.38. The summed E-state index contributed by atoms with van der Waals surface area (Å²) in [6.07, 6.45) is 3.16. The molecule has 0 saturated carbocycles. The highest BCUT2D eigenvalue weighted by atomic mass is 19.1. The van der Waals surface area contributed by atoms with Crippen LogP contribution in [0, 0.1) is 5.82 Å². The van der Waals surface area contributed by atoms with E-state index in [0.29, 0.717) is 11.3 Å². The van der Waals surface area contributed by atoms with Gasteiger partial charge in [0.25, 0.3) is 0 Å². The first kappa shape index (κ1) is 8.53. The van der Waals surface area contributed by atoms with Crippen LogP contribution in [-0.2, 0) is 0 Å². The van der Waals surface area contributed by atoms with Gasteiger partial charge >= 0.3 is 0 Å². The van der Waals surface area contributed by atoms with Gasteiger partial charge in [0.05, 0.1) is 0 Å². The summed E-state index contributed by atoms with van der Waals surface area (Å²) in [5.74, 6) is -0.255. The van der Waals surface area contributed by atoms with E-state index in [-0.39, 0.29) is 5.82 Å². The Morgan fingerprint density at radius 1 is 1.42 bits per heavy atom. The topological polar surface area (TPSA) is 26.0 Å². The largest absolute Gasteiger partial charge is 0.399 e. The quantitative estimate of drug-likeness (QED) is 0.665. The second kappa shape index (κ2) is 3.72. The first-order chi connectivity index (χ1) is 5.70. The standard InChI is InChI=1S/C10H10FN/c1-8(12)6-7-9-4-2-3-5-10(9)11/h2-7H,1,12H2/b7-6+. The molecular formula is C10H10FN. The summed E-state index contributed by atoms with van der Waals surface area (Å²) in [7, 11) is 0. The molecule has 0 atom stereocenters. The first-order valence-electron chi connectivity index (χ1n) is 3.57. The van der Waals surface area contributed by atoms with E-state index >= 15 is 0 Å². The molecule has 0 radical (unpaired) electrons. The summed E-state index contributed by atoms with van der Waals surface area (Å²) in [5.41, 5.74) is 6.22. The number of hydrogen-bond donors (Lipinski definition) is 1. The summed E-state index contributed by atoms with van der Waals surface area (Å²) < 4.78 is 12.9. The Bertz CT molecular complexity index is 315. The fourth-order valence-corrected chi connectivity index (χ4v) is 0.807. The Balaban J connectivity index is 2.89. The van der Waals surface area contributed by atoms with Crippen molar-refractivity contribution < 1.29 is 4.39 Å². The number of rotatable bonds is 2. The first-order valence-corrected chi connectivity index (χ1v) is 3.57. The van der Waals surface area contributed by atoms with Gasteiger partial charge in [0.2, 0.25) is 0 Å². The Morgan fingerprint density at radius 2 is 2.08 bits per heavy atom. The van der Waals surface area contributed by atoms with Crippen molar-refractivity contribution in [2.45, 2.75) is 0 Å². The molecule has 0 aliphatic rings. The lowest BCUT2D eigenvalue weighted by molar-refractivity contribution is 0.625. The summed E-state index contributed by atoms with van der Waals surface area (Å²) in [4.78, 5) is 0. The molecule has 62 valence electrons. The monoisotopic (exact) mass is 163 g/mol. The van der Waals surface area contributed by atoms with Crippen LogP contribution in [0.3, 0.4) is 0 Å². The molecule has 0 aliphatic carbocycles. The van der Waals surface area contributed by atoms with Gasteiger partial charge in [0.1, 0.15) is 5.82 Å². The van der Waals surface area contributed by atoms with Gasteiger partial charge in [-0.3, -0.25) is 0 Å². The highest BCUT2D eigenvalue weighted by Gasteiger charge is 1.93.